The Labute approximate surface area is 149 Å². The van der Waals surface area contributed by atoms with Crippen LogP contribution in [0.4, 0.5) is 10.6 Å². The van der Waals surface area contributed by atoms with Gasteiger partial charge in [0.1, 0.15) is 0 Å². The molecule has 3 aromatic heterocycles. The van der Waals surface area contributed by atoms with E-state index in [2.05, 4.69) is 40.2 Å². The number of hydrogen-bond acceptors (Lipinski definition) is 5. The van der Waals surface area contributed by atoms with Crippen LogP contribution in [0.2, 0.25) is 0 Å². The maximum absolute atomic E-state index is 11.3. The topological polar surface area (TPSA) is 97.3 Å². The maximum atomic E-state index is 11.3. The van der Waals surface area contributed by atoms with Gasteiger partial charge in [-0.1, -0.05) is 0 Å². The molecule has 0 aromatic carbocycles. The van der Waals surface area contributed by atoms with Crippen molar-refractivity contribution in [1.29, 1.82) is 0 Å². The summed E-state index contributed by atoms with van der Waals surface area (Å²) in [6.45, 7) is 4.05. The quantitative estimate of drug-likeness (QED) is 0.672. The van der Waals surface area contributed by atoms with Crippen molar-refractivity contribution < 1.29 is 4.79 Å². The zero-order valence-corrected chi connectivity index (χ0v) is 14.8. The number of urea groups is 1. The summed E-state index contributed by atoms with van der Waals surface area (Å²) in [5.74, 6) is 0.757. The smallest absolute Gasteiger partial charge is 0.317 e. The molecule has 1 fully saturated rings. The molecule has 0 spiro atoms. The summed E-state index contributed by atoms with van der Waals surface area (Å²) in [6.07, 6.45) is 6.07. The first-order valence-corrected chi connectivity index (χ1v) is 9.20. The molecule has 1 unspecified atom stereocenters. The highest BCUT2D eigenvalue weighted by molar-refractivity contribution is 7.13. The molecule has 1 atom stereocenters. The Hall–Kier alpha value is -2.45. The fourth-order valence-electron chi connectivity index (χ4n) is 3.25. The van der Waals surface area contributed by atoms with Crippen molar-refractivity contribution in [3.05, 3.63) is 35.1 Å². The number of rotatable bonds is 3. The second kappa shape index (κ2) is 6.45. The number of nitrogens with two attached hydrogens (primary N) is 1. The summed E-state index contributed by atoms with van der Waals surface area (Å²) in [7, 11) is 0. The number of nitrogens with zero attached hydrogens (tertiary/aromatic N) is 3. The lowest BCUT2D eigenvalue weighted by Gasteiger charge is -2.20. The van der Waals surface area contributed by atoms with E-state index < -0.39 is 6.03 Å². The second-order valence-corrected chi connectivity index (χ2v) is 7.28. The van der Waals surface area contributed by atoms with E-state index in [1.807, 2.05) is 4.40 Å². The fourth-order valence-corrected chi connectivity index (χ4v) is 4.16. The van der Waals surface area contributed by atoms with Crippen LogP contribution in [0.1, 0.15) is 30.0 Å². The van der Waals surface area contributed by atoms with Crippen molar-refractivity contribution >= 4 is 28.8 Å². The van der Waals surface area contributed by atoms with Gasteiger partial charge in [0, 0.05) is 18.7 Å². The molecule has 1 aliphatic heterocycles. The summed E-state index contributed by atoms with van der Waals surface area (Å²) in [6, 6.07) is 1.49. The van der Waals surface area contributed by atoms with E-state index in [1.165, 1.54) is 5.56 Å². The van der Waals surface area contributed by atoms with Crippen LogP contribution in [0.5, 0.6) is 0 Å². The number of amides is 2. The van der Waals surface area contributed by atoms with Gasteiger partial charge >= 0.3 is 6.03 Å². The Bertz CT molecular complexity index is 925. The summed E-state index contributed by atoms with van der Waals surface area (Å²) < 4.78 is 2.01. The van der Waals surface area contributed by atoms with Crippen molar-refractivity contribution in [2.75, 3.05) is 18.4 Å². The summed E-state index contributed by atoms with van der Waals surface area (Å²) in [5.41, 5.74) is 9.10. The molecule has 0 bridgehead atoms. The Morgan fingerprint density at radius 3 is 3.08 bits per heavy atom. The van der Waals surface area contributed by atoms with Crippen LogP contribution in [-0.4, -0.2) is 33.5 Å². The van der Waals surface area contributed by atoms with E-state index in [4.69, 9.17) is 10.7 Å². The Morgan fingerprint density at radius 2 is 2.40 bits per heavy atom. The lowest BCUT2D eigenvalue weighted by atomic mass is 9.97. The first kappa shape index (κ1) is 16.0. The molecule has 1 saturated heterocycles. The molecule has 0 saturated carbocycles. The van der Waals surface area contributed by atoms with E-state index >= 15 is 0 Å². The molecule has 4 heterocycles. The third kappa shape index (κ3) is 3.10. The lowest BCUT2D eigenvalue weighted by molar-refractivity contribution is 0.259. The third-order valence-corrected chi connectivity index (χ3v) is 5.52. The number of piperidine rings is 1. The number of hydrogen-bond donors (Lipinski definition) is 3. The summed E-state index contributed by atoms with van der Waals surface area (Å²) in [4.78, 5) is 21.6. The SMILES string of the molecule is Cc1csc(-c2cnc(NC(N)=O)c3nc(C4CCCNC4)cn23)c1. The zero-order valence-electron chi connectivity index (χ0n) is 14.0. The number of primary amides is 1. The van der Waals surface area contributed by atoms with Crippen molar-refractivity contribution in [2.24, 2.45) is 5.73 Å². The molecule has 3 aromatic rings. The van der Waals surface area contributed by atoms with Crippen LogP contribution in [0, 0.1) is 6.92 Å². The van der Waals surface area contributed by atoms with E-state index in [-0.39, 0.29) is 0 Å². The van der Waals surface area contributed by atoms with Crippen LogP contribution in [0.25, 0.3) is 16.2 Å². The molecule has 130 valence electrons. The van der Waals surface area contributed by atoms with Crippen LogP contribution in [-0.2, 0) is 0 Å². The third-order valence-electron chi connectivity index (χ3n) is 4.45. The molecule has 4 rings (SSSR count). The Morgan fingerprint density at radius 1 is 1.52 bits per heavy atom. The number of carbonyl (C=O) groups is 1. The molecule has 0 aliphatic carbocycles. The van der Waals surface area contributed by atoms with Crippen LogP contribution < -0.4 is 16.4 Å². The van der Waals surface area contributed by atoms with E-state index in [0.29, 0.717) is 17.4 Å². The average Bonchev–Trinajstić information content (AvgIpc) is 3.22. The van der Waals surface area contributed by atoms with Crippen molar-refractivity contribution in [3.63, 3.8) is 0 Å². The van der Waals surface area contributed by atoms with E-state index in [1.54, 1.807) is 17.5 Å². The van der Waals surface area contributed by atoms with Gasteiger partial charge in [-0.3, -0.25) is 9.72 Å². The molecular weight excluding hydrogens is 336 g/mol. The van der Waals surface area contributed by atoms with Crippen LogP contribution in [0.15, 0.2) is 23.8 Å². The first-order chi connectivity index (χ1) is 12.1. The van der Waals surface area contributed by atoms with Crippen molar-refractivity contribution in [3.8, 4) is 10.6 Å². The Balaban J connectivity index is 1.85. The number of thiophene rings is 1. The minimum atomic E-state index is -0.641. The molecule has 1 aliphatic rings. The van der Waals surface area contributed by atoms with Gasteiger partial charge in [-0.15, -0.1) is 11.3 Å². The van der Waals surface area contributed by atoms with Crippen LogP contribution >= 0.6 is 11.3 Å². The number of anilines is 1. The normalized spacial score (nSPS) is 17.7. The maximum Gasteiger partial charge on any atom is 0.317 e. The predicted molar refractivity (Wildman–Crippen MR) is 99.1 cm³/mol. The molecule has 2 amide bonds. The highest BCUT2D eigenvalue weighted by Gasteiger charge is 2.21. The van der Waals surface area contributed by atoms with Gasteiger partial charge in [-0.05, 0) is 43.3 Å². The summed E-state index contributed by atoms with van der Waals surface area (Å²) in [5, 5.41) is 8.11. The molecule has 7 nitrogen and oxygen atoms in total. The van der Waals surface area contributed by atoms with Crippen molar-refractivity contribution in [2.45, 2.75) is 25.7 Å². The molecular formula is C17H20N6OS. The number of nitrogens with one attached hydrogen (secondary N) is 2. The Kier molecular flexibility index (Phi) is 4.14. The highest BCUT2D eigenvalue weighted by Crippen LogP contribution is 2.31. The van der Waals surface area contributed by atoms with Gasteiger partial charge in [0.15, 0.2) is 11.5 Å². The van der Waals surface area contributed by atoms with Gasteiger partial charge in [0.2, 0.25) is 0 Å². The van der Waals surface area contributed by atoms with Gasteiger partial charge in [-0.2, -0.15) is 0 Å². The molecule has 0 radical (unpaired) electrons. The zero-order chi connectivity index (χ0) is 17.4. The van der Waals surface area contributed by atoms with E-state index in [0.717, 1.165) is 42.2 Å². The highest BCUT2D eigenvalue weighted by atomic mass is 32.1. The standard InChI is InChI=1S/C17H20N6OS/c1-10-5-14(25-9-10)13-7-20-15(22-17(18)24)16-21-12(8-23(13)16)11-3-2-4-19-6-11/h5,7-9,11,19H,2-4,6H2,1H3,(H3,18,20,22,24). The fraction of sp³-hybridized carbons (Fsp3) is 0.353. The number of carbonyl (C=O) groups excluding carboxylic acids is 1. The van der Waals surface area contributed by atoms with Gasteiger partial charge in [-0.25, -0.2) is 14.8 Å². The molecule has 25 heavy (non-hydrogen) atoms. The number of aryl methyl sites for hydroxylation is 1. The minimum absolute atomic E-state index is 0.369. The number of aromatic nitrogens is 3. The van der Waals surface area contributed by atoms with Crippen LogP contribution in [0.3, 0.4) is 0 Å². The molecule has 8 heteroatoms. The van der Waals surface area contributed by atoms with Gasteiger partial charge in [0.25, 0.3) is 0 Å². The minimum Gasteiger partial charge on any atom is -0.351 e. The second-order valence-electron chi connectivity index (χ2n) is 6.37. The summed E-state index contributed by atoms with van der Waals surface area (Å²) >= 11 is 1.67. The van der Waals surface area contributed by atoms with Gasteiger partial charge < -0.3 is 11.1 Å². The number of fused-ring (bicyclic) bond motifs is 1. The molecule has 4 N–H and O–H groups in total. The monoisotopic (exact) mass is 356 g/mol. The first-order valence-electron chi connectivity index (χ1n) is 8.32. The van der Waals surface area contributed by atoms with E-state index in [9.17, 15) is 4.79 Å². The average molecular weight is 356 g/mol. The predicted octanol–water partition coefficient (Wildman–Crippen LogP) is 2.72. The van der Waals surface area contributed by atoms with Crippen molar-refractivity contribution in [1.82, 2.24) is 19.7 Å². The van der Waals surface area contributed by atoms with Gasteiger partial charge in [0.05, 0.1) is 22.5 Å². The number of imidazole rings is 1. The lowest BCUT2D eigenvalue weighted by Crippen LogP contribution is -2.28. The largest absolute Gasteiger partial charge is 0.351 e.